The van der Waals surface area contributed by atoms with Crippen molar-refractivity contribution in [2.75, 3.05) is 0 Å². The van der Waals surface area contributed by atoms with Gasteiger partial charge in [0.05, 0.1) is 5.69 Å². The third-order valence-corrected chi connectivity index (χ3v) is 2.73. The Kier molecular flexibility index (Phi) is 2.97. The lowest BCUT2D eigenvalue weighted by molar-refractivity contribution is 0.570. The molecule has 0 saturated carbocycles. The van der Waals surface area contributed by atoms with Crippen molar-refractivity contribution in [1.29, 1.82) is 0 Å². The minimum Gasteiger partial charge on any atom is -0.265 e. The standard InChI is InChI=1S/C15H18N2/c1-11-9-13(12-5-7-16-8-6-12)14(17-10-11)15(2,3)4/h5-10H,1-4H3. The van der Waals surface area contributed by atoms with Crippen LogP contribution in [0.5, 0.6) is 0 Å². The normalized spacial score (nSPS) is 11.5. The Bertz CT molecular complexity index is 510. The van der Waals surface area contributed by atoms with Gasteiger partial charge in [0.15, 0.2) is 0 Å². The maximum atomic E-state index is 4.61. The van der Waals surface area contributed by atoms with Gasteiger partial charge in [0.1, 0.15) is 0 Å². The topological polar surface area (TPSA) is 25.8 Å². The lowest BCUT2D eigenvalue weighted by Crippen LogP contribution is -2.15. The lowest BCUT2D eigenvalue weighted by atomic mass is 9.86. The highest BCUT2D eigenvalue weighted by molar-refractivity contribution is 5.67. The lowest BCUT2D eigenvalue weighted by Gasteiger charge is -2.22. The van der Waals surface area contributed by atoms with E-state index in [-0.39, 0.29) is 5.41 Å². The molecule has 0 spiro atoms. The van der Waals surface area contributed by atoms with Crippen LogP contribution in [0.3, 0.4) is 0 Å². The highest BCUT2D eigenvalue weighted by Gasteiger charge is 2.20. The highest BCUT2D eigenvalue weighted by atomic mass is 14.7. The molecule has 17 heavy (non-hydrogen) atoms. The second kappa shape index (κ2) is 4.28. The van der Waals surface area contributed by atoms with Crippen LogP contribution in [0.25, 0.3) is 11.1 Å². The fourth-order valence-corrected chi connectivity index (χ4v) is 1.92. The van der Waals surface area contributed by atoms with E-state index in [0.717, 1.165) is 5.69 Å². The van der Waals surface area contributed by atoms with Gasteiger partial charge in [-0.05, 0) is 36.2 Å². The van der Waals surface area contributed by atoms with Gasteiger partial charge in [0.2, 0.25) is 0 Å². The molecule has 0 fully saturated rings. The molecule has 2 heteroatoms. The van der Waals surface area contributed by atoms with Crippen molar-refractivity contribution in [3.05, 3.63) is 48.0 Å². The largest absolute Gasteiger partial charge is 0.265 e. The van der Waals surface area contributed by atoms with Crippen LogP contribution >= 0.6 is 0 Å². The number of pyridine rings is 2. The molecule has 0 unspecified atom stereocenters. The average Bonchev–Trinajstić information content (AvgIpc) is 2.28. The zero-order chi connectivity index (χ0) is 12.5. The van der Waals surface area contributed by atoms with Gasteiger partial charge in [0, 0.05) is 29.6 Å². The third kappa shape index (κ3) is 2.52. The van der Waals surface area contributed by atoms with Crippen LogP contribution in [0.2, 0.25) is 0 Å². The molecule has 2 heterocycles. The van der Waals surface area contributed by atoms with Crippen molar-refractivity contribution >= 4 is 0 Å². The fraction of sp³-hybridized carbons (Fsp3) is 0.333. The number of rotatable bonds is 1. The molecule has 2 nitrogen and oxygen atoms in total. The molecule has 0 aliphatic rings. The van der Waals surface area contributed by atoms with E-state index in [1.807, 2.05) is 30.7 Å². The molecule has 2 rings (SSSR count). The molecule has 0 saturated heterocycles. The van der Waals surface area contributed by atoms with E-state index in [1.54, 1.807) is 0 Å². The summed E-state index contributed by atoms with van der Waals surface area (Å²) in [4.78, 5) is 8.67. The maximum Gasteiger partial charge on any atom is 0.0535 e. The van der Waals surface area contributed by atoms with E-state index in [9.17, 15) is 0 Å². The van der Waals surface area contributed by atoms with Crippen LogP contribution < -0.4 is 0 Å². The van der Waals surface area contributed by atoms with Crippen LogP contribution in [-0.2, 0) is 5.41 Å². The molecule has 0 atom stereocenters. The summed E-state index contributed by atoms with van der Waals surface area (Å²) >= 11 is 0. The Morgan fingerprint density at radius 2 is 1.71 bits per heavy atom. The molecule has 0 bridgehead atoms. The van der Waals surface area contributed by atoms with E-state index < -0.39 is 0 Å². The molecule has 0 radical (unpaired) electrons. The van der Waals surface area contributed by atoms with Gasteiger partial charge in [-0.2, -0.15) is 0 Å². The Morgan fingerprint density at radius 3 is 2.29 bits per heavy atom. The summed E-state index contributed by atoms with van der Waals surface area (Å²) in [5, 5.41) is 0. The fourth-order valence-electron chi connectivity index (χ4n) is 1.92. The third-order valence-electron chi connectivity index (χ3n) is 2.73. The molecule has 0 N–H and O–H groups in total. The van der Waals surface area contributed by atoms with E-state index in [1.165, 1.54) is 16.7 Å². The number of hydrogen-bond donors (Lipinski definition) is 0. The quantitative estimate of drug-likeness (QED) is 0.740. The van der Waals surface area contributed by atoms with Crippen LogP contribution in [0.15, 0.2) is 36.8 Å². The Balaban J connectivity index is 2.64. The van der Waals surface area contributed by atoms with E-state index in [2.05, 4.69) is 43.7 Å². The zero-order valence-corrected chi connectivity index (χ0v) is 10.9. The van der Waals surface area contributed by atoms with Gasteiger partial charge < -0.3 is 0 Å². The smallest absolute Gasteiger partial charge is 0.0535 e. The summed E-state index contributed by atoms with van der Waals surface area (Å²) in [6.07, 6.45) is 5.58. The van der Waals surface area contributed by atoms with E-state index in [4.69, 9.17) is 0 Å². The molecule has 2 aromatic rings. The first-order valence-corrected chi connectivity index (χ1v) is 5.86. The molecule has 2 aromatic heterocycles. The van der Waals surface area contributed by atoms with Crippen LogP contribution in [-0.4, -0.2) is 9.97 Å². The Morgan fingerprint density at radius 1 is 1.06 bits per heavy atom. The Labute approximate surface area is 103 Å². The van der Waals surface area contributed by atoms with Crippen molar-refractivity contribution < 1.29 is 0 Å². The summed E-state index contributed by atoms with van der Waals surface area (Å²) in [7, 11) is 0. The average molecular weight is 226 g/mol. The van der Waals surface area contributed by atoms with Gasteiger partial charge in [-0.15, -0.1) is 0 Å². The molecular formula is C15H18N2. The van der Waals surface area contributed by atoms with Gasteiger partial charge >= 0.3 is 0 Å². The molecule has 0 amide bonds. The molecule has 0 aromatic carbocycles. The molecule has 88 valence electrons. The monoisotopic (exact) mass is 226 g/mol. The van der Waals surface area contributed by atoms with Crippen LogP contribution in [0.4, 0.5) is 0 Å². The van der Waals surface area contributed by atoms with Gasteiger partial charge in [-0.25, -0.2) is 0 Å². The first-order valence-electron chi connectivity index (χ1n) is 5.86. The summed E-state index contributed by atoms with van der Waals surface area (Å²) in [5.41, 5.74) is 4.76. The number of aromatic nitrogens is 2. The SMILES string of the molecule is Cc1cnc(C(C)(C)C)c(-c2ccncc2)c1. The first kappa shape index (κ1) is 11.8. The first-order chi connectivity index (χ1) is 7.98. The van der Waals surface area contributed by atoms with E-state index >= 15 is 0 Å². The highest BCUT2D eigenvalue weighted by Crippen LogP contribution is 2.31. The number of nitrogens with zero attached hydrogens (tertiary/aromatic N) is 2. The molecule has 0 aliphatic heterocycles. The van der Waals surface area contributed by atoms with Gasteiger partial charge in [-0.3, -0.25) is 9.97 Å². The molecule has 0 aliphatic carbocycles. The predicted octanol–water partition coefficient (Wildman–Crippen LogP) is 3.75. The van der Waals surface area contributed by atoms with Gasteiger partial charge in [0.25, 0.3) is 0 Å². The minimum atomic E-state index is 0.0479. The Hall–Kier alpha value is -1.70. The van der Waals surface area contributed by atoms with Crippen molar-refractivity contribution in [3.8, 4) is 11.1 Å². The number of aryl methyl sites for hydroxylation is 1. The van der Waals surface area contributed by atoms with Crippen molar-refractivity contribution in [2.24, 2.45) is 0 Å². The predicted molar refractivity (Wildman–Crippen MR) is 70.9 cm³/mol. The zero-order valence-electron chi connectivity index (χ0n) is 10.9. The second-order valence-corrected chi connectivity index (χ2v) is 5.39. The summed E-state index contributed by atoms with van der Waals surface area (Å²) in [6.45, 7) is 8.64. The van der Waals surface area contributed by atoms with Gasteiger partial charge in [-0.1, -0.05) is 20.8 Å². The second-order valence-electron chi connectivity index (χ2n) is 5.39. The van der Waals surface area contributed by atoms with Crippen LogP contribution in [0, 0.1) is 6.92 Å². The summed E-state index contributed by atoms with van der Waals surface area (Å²) in [6, 6.07) is 6.26. The van der Waals surface area contributed by atoms with Crippen molar-refractivity contribution in [2.45, 2.75) is 33.1 Å². The number of hydrogen-bond acceptors (Lipinski definition) is 2. The van der Waals surface area contributed by atoms with Crippen molar-refractivity contribution in [3.63, 3.8) is 0 Å². The van der Waals surface area contributed by atoms with E-state index in [0.29, 0.717) is 0 Å². The van der Waals surface area contributed by atoms with Crippen LogP contribution in [0.1, 0.15) is 32.0 Å². The maximum absolute atomic E-state index is 4.61. The van der Waals surface area contributed by atoms with Crippen molar-refractivity contribution in [1.82, 2.24) is 9.97 Å². The minimum absolute atomic E-state index is 0.0479. The summed E-state index contributed by atoms with van der Waals surface area (Å²) < 4.78 is 0. The summed E-state index contributed by atoms with van der Waals surface area (Å²) in [5.74, 6) is 0. The molecular weight excluding hydrogens is 208 g/mol.